The second-order valence-corrected chi connectivity index (χ2v) is 5.70. The molecule has 0 fully saturated rings. The summed E-state index contributed by atoms with van der Waals surface area (Å²) in [6.45, 7) is 1.60. The summed E-state index contributed by atoms with van der Waals surface area (Å²) in [6, 6.07) is 11.9. The maximum Gasteiger partial charge on any atom is 0.106 e. The second-order valence-electron chi connectivity index (χ2n) is 4.08. The average Bonchev–Trinajstić information content (AvgIpc) is 2.28. The predicted molar refractivity (Wildman–Crippen MR) is 79.0 cm³/mol. The van der Waals surface area contributed by atoms with Crippen LogP contribution < -0.4 is 0 Å². The fourth-order valence-corrected chi connectivity index (χ4v) is 2.45. The molecular formula is C13H13Br2N3. The third-order valence-electron chi connectivity index (χ3n) is 2.41. The summed E-state index contributed by atoms with van der Waals surface area (Å²) in [4.78, 5) is 11.0. The van der Waals surface area contributed by atoms with Crippen molar-refractivity contribution in [2.75, 3.05) is 7.05 Å². The SMILES string of the molecule is CN(Cc1cccc(Br)n1)Cc1cccc(Br)n1. The van der Waals surface area contributed by atoms with Crippen molar-refractivity contribution >= 4 is 31.9 Å². The number of nitrogens with zero attached hydrogens (tertiary/aromatic N) is 3. The van der Waals surface area contributed by atoms with Gasteiger partial charge in [0.05, 0.1) is 11.4 Å². The number of halogens is 2. The molecule has 5 heteroatoms. The van der Waals surface area contributed by atoms with Crippen LogP contribution in [0.3, 0.4) is 0 Å². The number of pyridine rings is 2. The van der Waals surface area contributed by atoms with Gasteiger partial charge in [-0.3, -0.25) is 4.90 Å². The van der Waals surface area contributed by atoms with Crippen molar-refractivity contribution in [2.24, 2.45) is 0 Å². The quantitative estimate of drug-likeness (QED) is 0.769. The van der Waals surface area contributed by atoms with Gasteiger partial charge in [0.15, 0.2) is 0 Å². The zero-order chi connectivity index (χ0) is 13.0. The van der Waals surface area contributed by atoms with Crippen molar-refractivity contribution in [3.8, 4) is 0 Å². The lowest BCUT2D eigenvalue weighted by Crippen LogP contribution is -2.18. The molecule has 2 heterocycles. The van der Waals surface area contributed by atoms with E-state index in [-0.39, 0.29) is 0 Å². The highest BCUT2D eigenvalue weighted by atomic mass is 79.9. The Kier molecular flexibility index (Phi) is 4.86. The van der Waals surface area contributed by atoms with Crippen molar-refractivity contribution in [3.63, 3.8) is 0 Å². The molecule has 0 saturated carbocycles. The minimum atomic E-state index is 0.799. The second kappa shape index (κ2) is 6.41. The summed E-state index contributed by atoms with van der Waals surface area (Å²) in [6.07, 6.45) is 0. The molecule has 0 saturated heterocycles. The molecule has 2 aromatic heterocycles. The molecule has 18 heavy (non-hydrogen) atoms. The van der Waals surface area contributed by atoms with Gasteiger partial charge < -0.3 is 0 Å². The van der Waals surface area contributed by atoms with Crippen LogP contribution in [0, 0.1) is 0 Å². The standard InChI is InChI=1S/C13H13Br2N3/c1-18(8-10-4-2-6-12(14)16-10)9-11-5-3-7-13(15)17-11/h2-7H,8-9H2,1H3. The van der Waals surface area contributed by atoms with Crippen molar-refractivity contribution < 1.29 is 0 Å². The molecule has 0 N–H and O–H groups in total. The largest absolute Gasteiger partial charge is 0.295 e. The summed E-state index contributed by atoms with van der Waals surface area (Å²) in [5.74, 6) is 0. The van der Waals surface area contributed by atoms with E-state index in [2.05, 4.69) is 53.8 Å². The molecule has 94 valence electrons. The van der Waals surface area contributed by atoms with Crippen molar-refractivity contribution in [1.29, 1.82) is 0 Å². The minimum Gasteiger partial charge on any atom is -0.295 e. The van der Waals surface area contributed by atoms with E-state index in [1.165, 1.54) is 0 Å². The molecular weight excluding hydrogens is 358 g/mol. The number of hydrogen-bond acceptors (Lipinski definition) is 3. The van der Waals surface area contributed by atoms with E-state index in [0.717, 1.165) is 33.7 Å². The molecule has 3 nitrogen and oxygen atoms in total. The molecule has 0 bridgehead atoms. The molecule has 0 aromatic carbocycles. The molecule has 2 aromatic rings. The summed E-state index contributed by atoms with van der Waals surface area (Å²) in [5.41, 5.74) is 2.09. The van der Waals surface area contributed by atoms with Crippen molar-refractivity contribution in [3.05, 3.63) is 57.0 Å². The molecule has 0 amide bonds. The monoisotopic (exact) mass is 369 g/mol. The van der Waals surface area contributed by atoms with Gasteiger partial charge in [0.25, 0.3) is 0 Å². The first-order valence-electron chi connectivity index (χ1n) is 5.55. The Bertz CT molecular complexity index is 484. The van der Waals surface area contributed by atoms with Gasteiger partial charge in [-0.2, -0.15) is 0 Å². The van der Waals surface area contributed by atoms with Gasteiger partial charge >= 0.3 is 0 Å². The topological polar surface area (TPSA) is 29.0 Å². The summed E-state index contributed by atoms with van der Waals surface area (Å²) in [7, 11) is 2.06. The highest BCUT2D eigenvalue weighted by Crippen LogP contribution is 2.11. The van der Waals surface area contributed by atoms with Gasteiger partial charge in [-0.25, -0.2) is 9.97 Å². The van der Waals surface area contributed by atoms with Crippen molar-refractivity contribution in [1.82, 2.24) is 14.9 Å². The van der Waals surface area contributed by atoms with Crippen molar-refractivity contribution in [2.45, 2.75) is 13.1 Å². The first kappa shape index (κ1) is 13.6. The molecule has 0 spiro atoms. The van der Waals surface area contributed by atoms with Gasteiger partial charge in [0, 0.05) is 13.1 Å². The van der Waals surface area contributed by atoms with Crippen LogP contribution in [-0.2, 0) is 13.1 Å². The van der Waals surface area contributed by atoms with Gasteiger partial charge in [-0.1, -0.05) is 12.1 Å². The van der Waals surface area contributed by atoms with E-state index >= 15 is 0 Å². The van der Waals surface area contributed by atoms with Crippen LogP contribution in [0.15, 0.2) is 45.6 Å². The normalized spacial score (nSPS) is 10.9. The number of aromatic nitrogens is 2. The Morgan fingerprint density at radius 3 is 1.72 bits per heavy atom. The summed E-state index contributed by atoms with van der Waals surface area (Å²) >= 11 is 6.76. The van der Waals surface area contributed by atoms with E-state index in [1.807, 2.05) is 36.4 Å². The maximum absolute atomic E-state index is 4.42. The third kappa shape index (κ3) is 4.15. The number of hydrogen-bond donors (Lipinski definition) is 0. The van der Waals surface area contributed by atoms with Crippen LogP contribution in [0.2, 0.25) is 0 Å². The van der Waals surface area contributed by atoms with Crippen LogP contribution in [0.25, 0.3) is 0 Å². The average molecular weight is 371 g/mol. The summed E-state index contributed by atoms with van der Waals surface area (Å²) in [5, 5.41) is 0. The van der Waals surface area contributed by atoms with Crippen LogP contribution in [0.1, 0.15) is 11.4 Å². The van der Waals surface area contributed by atoms with E-state index in [0.29, 0.717) is 0 Å². The lowest BCUT2D eigenvalue weighted by molar-refractivity contribution is 0.311. The molecule has 0 aliphatic heterocycles. The highest BCUT2D eigenvalue weighted by Gasteiger charge is 2.04. The van der Waals surface area contributed by atoms with E-state index < -0.39 is 0 Å². The zero-order valence-corrected chi connectivity index (χ0v) is 13.1. The Balaban J connectivity index is 1.98. The molecule has 2 rings (SSSR count). The van der Waals surface area contributed by atoms with E-state index in [1.54, 1.807) is 0 Å². The molecule has 0 radical (unpaired) electrons. The van der Waals surface area contributed by atoms with Gasteiger partial charge in [0.2, 0.25) is 0 Å². The fraction of sp³-hybridized carbons (Fsp3) is 0.231. The number of rotatable bonds is 4. The maximum atomic E-state index is 4.42. The first-order chi connectivity index (χ1) is 8.63. The molecule has 0 atom stereocenters. The highest BCUT2D eigenvalue weighted by molar-refractivity contribution is 9.10. The van der Waals surface area contributed by atoms with E-state index in [9.17, 15) is 0 Å². The van der Waals surface area contributed by atoms with Gasteiger partial charge in [-0.15, -0.1) is 0 Å². The third-order valence-corrected chi connectivity index (χ3v) is 3.29. The van der Waals surface area contributed by atoms with Crippen LogP contribution in [0.5, 0.6) is 0 Å². The molecule has 0 unspecified atom stereocenters. The Labute approximate surface area is 124 Å². The molecule has 0 aliphatic carbocycles. The van der Waals surface area contributed by atoms with Crippen LogP contribution in [0.4, 0.5) is 0 Å². The Morgan fingerprint density at radius 2 is 1.33 bits per heavy atom. The van der Waals surface area contributed by atoms with E-state index in [4.69, 9.17) is 0 Å². The van der Waals surface area contributed by atoms with Gasteiger partial charge in [-0.05, 0) is 63.2 Å². The first-order valence-corrected chi connectivity index (χ1v) is 7.13. The zero-order valence-electron chi connectivity index (χ0n) is 9.98. The lowest BCUT2D eigenvalue weighted by Gasteiger charge is -2.15. The summed E-state index contributed by atoms with van der Waals surface area (Å²) < 4.78 is 1.74. The lowest BCUT2D eigenvalue weighted by atomic mass is 10.3. The van der Waals surface area contributed by atoms with Crippen LogP contribution in [-0.4, -0.2) is 21.9 Å². The fourth-order valence-electron chi connectivity index (χ4n) is 1.69. The predicted octanol–water partition coefficient (Wildman–Crippen LogP) is 3.63. The Morgan fingerprint density at radius 1 is 0.889 bits per heavy atom. The van der Waals surface area contributed by atoms with Crippen LogP contribution >= 0.6 is 31.9 Å². The van der Waals surface area contributed by atoms with Gasteiger partial charge in [0.1, 0.15) is 9.21 Å². The smallest absolute Gasteiger partial charge is 0.106 e. The Hall–Kier alpha value is -0.780. The molecule has 0 aliphatic rings. The minimum absolute atomic E-state index is 0.799.